The van der Waals surface area contributed by atoms with Gasteiger partial charge in [-0.1, -0.05) is 29.4 Å². The molecule has 192 valence electrons. The number of hydrogen-bond acceptors (Lipinski definition) is 7. The van der Waals surface area contributed by atoms with E-state index in [1.165, 1.54) is 12.1 Å². The Morgan fingerprint density at radius 1 is 1.03 bits per heavy atom. The molecule has 4 rings (SSSR count). The summed E-state index contributed by atoms with van der Waals surface area (Å²) in [5.74, 6) is -0.137. The summed E-state index contributed by atoms with van der Waals surface area (Å²) in [7, 11) is 0. The molecule has 0 aliphatic carbocycles. The van der Waals surface area contributed by atoms with E-state index in [0.717, 1.165) is 5.56 Å². The van der Waals surface area contributed by atoms with Crippen LogP contribution in [0, 0.1) is 0 Å². The van der Waals surface area contributed by atoms with E-state index in [0.29, 0.717) is 28.3 Å². The second-order valence-corrected chi connectivity index (χ2v) is 8.68. The highest BCUT2D eigenvalue weighted by molar-refractivity contribution is 6.03. The molecule has 0 spiro atoms. The van der Waals surface area contributed by atoms with Gasteiger partial charge in [-0.25, -0.2) is 4.68 Å². The number of nitrogens with two attached hydrogens (primary N) is 2. The lowest BCUT2D eigenvalue weighted by Gasteiger charge is -2.06. The Morgan fingerprint density at radius 3 is 2.27 bits per heavy atom. The maximum Gasteiger partial charge on any atom is 0.387 e. The standard InChI is InChI=1S/C26H25F2N5O4/c1-14(2)33-24(29)22(25(30)35)23(31-33)17-5-3-15(4-6-17)11-18(34)12-20-13-21(32-37-20)16-7-9-19(10-8-16)36-26(27)28/h3-10,13-14,26H,11-12,29H2,1-2H3,(H2,30,35). The van der Waals surface area contributed by atoms with E-state index >= 15 is 0 Å². The Morgan fingerprint density at radius 2 is 1.68 bits per heavy atom. The zero-order valence-electron chi connectivity index (χ0n) is 20.2. The van der Waals surface area contributed by atoms with Crippen molar-refractivity contribution in [3.05, 3.63) is 71.5 Å². The van der Waals surface area contributed by atoms with Gasteiger partial charge in [0, 0.05) is 29.7 Å². The Hall–Kier alpha value is -4.54. The average Bonchev–Trinajstić information content (AvgIpc) is 3.44. The van der Waals surface area contributed by atoms with E-state index in [1.807, 2.05) is 13.8 Å². The zero-order valence-corrected chi connectivity index (χ0v) is 20.2. The molecular formula is C26H25F2N5O4. The first kappa shape index (κ1) is 25.5. The summed E-state index contributed by atoms with van der Waals surface area (Å²) in [6, 6.07) is 14.6. The van der Waals surface area contributed by atoms with Gasteiger partial charge in [-0.3, -0.25) is 9.59 Å². The summed E-state index contributed by atoms with van der Waals surface area (Å²) in [5, 5.41) is 8.41. The van der Waals surface area contributed by atoms with Gasteiger partial charge in [-0.15, -0.1) is 0 Å². The number of alkyl halides is 2. The summed E-state index contributed by atoms with van der Waals surface area (Å²) < 4.78 is 35.8. The second kappa shape index (κ2) is 10.6. The van der Waals surface area contributed by atoms with Gasteiger partial charge < -0.3 is 20.7 Å². The number of nitrogen functional groups attached to an aromatic ring is 1. The smallest absolute Gasteiger partial charge is 0.387 e. The van der Waals surface area contributed by atoms with E-state index in [-0.39, 0.29) is 41.8 Å². The lowest BCUT2D eigenvalue weighted by atomic mass is 10.0. The van der Waals surface area contributed by atoms with Crippen LogP contribution in [0.3, 0.4) is 0 Å². The maximum absolute atomic E-state index is 12.6. The first-order valence-electron chi connectivity index (χ1n) is 11.4. The second-order valence-electron chi connectivity index (χ2n) is 8.68. The summed E-state index contributed by atoms with van der Waals surface area (Å²) in [6.45, 7) is 0.888. The van der Waals surface area contributed by atoms with Crippen LogP contribution in [0.1, 0.15) is 41.6 Å². The van der Waals surface area contributed by atoms with E-state index < -0.39 is 12.5 Å². The first-order valence-corrected chi connectivity index (χ1v) is 11.4. The van der Waals surface area contributed by atoms with Crippen LogP contribution in [0.25, 0.3) is 22.5 Å². The number of benzene rings is 2. The fourth-order valence-electron chi connectivity index (χ4n) is 3.89. The van der Waals surface area contributed by atoms with Crippen LogP contribution in [0.4, 0.5) is 14.6 Å². The van der Waals surface area contributed by atoms with Crippen molar-refractivity contribution < 1.29 is 27.6 Å². The van der Waals surface area contributed by atoms with Crippen molar-refractivity contribution in [2.45, 2.75) is 39.3 Å². The molecule has 37 heavy (non-hydrogen) atoms. The number of Topliss-reactive ketones (excluding diaryl/α,β-unsaturated/α-hetero) is 1. The molecule has 0 unspecified atom stereocenters. The number of amides is 1. The predicted octanol–water partition coefficient (Wildman–Crippen LogP) is 4.42. The molecular weight excluding hydrogens is 484 g/mol. The number of aromatic nitrogens is 3. The molecule has 4 N–H and O–H groups in total. The lowest BCUT2D eigenvalue weighted by Crippen LogP contribution is -2.15. The summed E-state index contributed by atoms with van der Waals surface area (Å²) in [5.41, 5.74) is 14.7. The van der Waals surface area contributed by atoms with Gasteiger partial charge in [0.1, 0.15) is 40.1 Å². The molecule has 0 aliphatic rings. The van der Waals surface area contributed by atoms with Crippen LogP contribution in [0.2, 0.25) is 0 Å². The number of primary amides is 1. The molecule has 2 aromatic carbocycles. The molecule has 0 fully saturated rings. The van der Waals surface area contributed by atoms with Gasteiger partial charge >= 0.3 is 6.61 Å². The third kappa shape index (κ3) is 5.83. The number of carbonyl (C=O) groups is 2. The highest BCUT2D eigenvalue weighted by atomic mass is 19.3. The van der Waals surface area contributed by atoms with Crippen LogP contribution in [0.5, 0.6) is 5.75 Å². The lowest BCUT2D eigenvalue weighted by molar-refractivity contribution is -0.118. The van der Waals surface area contributed by atoms with Crippen molar-refractivity contribution in [1.82, 2.24) is 14.9 Å². The molecule has 0 aliphatic heterocycles. The third-order valence-corrected chi connectivity index (χ3v) is 5.62. The minimum absolute atomic E-state index is 0.0302. The molecule has 9 nitrogen and oxygen atoms in total. The van der Waals surface area contributed by atoms with Crippen LogP contribution >= 0.6 is 0 Å². The Labute approximate surface area is 211 Å². The number of carbonyl (C=O) groups excluding carboxylic acids is 2. The molecule has 0 bridgehead atoms. The molecule has 2 aromatic heterocycles. The summed E-state index contributed by atoms with van der Waals surface area (Å²) >= 11 is 0. The Balaban J connectivity index is 1.42. The number of anilines is 1. The summed E-state index contributed by atoms with van der Waals surface area (Å²) in [6.07, 6.45) is 0.184. The van der Waals surface area contributed by atoms with Crippen molar-refractivity contribution in [1.29, 1.82) is 0 Å². The van der Waals surface area contributed by atoms with E-state index in [2.05, 4.69) is 15.0 Å². The number of rotatable bonds is 10. The maximum atomic E-state index is 12.6. The topological polar surface area (TPSA) is 139 Å². The normalized spacial score (nSPS) is 11.3. The van der Waals surface area contributed by atoms with Crippen molar-refractivity contribution in [3.63, 3.8) is 0 Å². The highest BCUT2D eigenvalue weighted by Gasteiger charge is 2.22. The van der Waals surface area contributed by atoms with Gasteiger partial charge in [-0.05, 0) is 43.7 Å². The van der Waals surface area contributed by atoms with Crippen molar-refractivity contribution in [3.8, 4) is 28.3 Å². The molecule has 0 radical (unpaired) electrons. The first-order chi connectivity index (χ1) is 17.6. The van der Waals surface area contributed by atoms with E-state index in [4.69, 9.17) is 16.0 Å². The Kier molecular flexibility index (Phi) is 7.32. The van der Waals surface area contributed by atoms with Crippen molar-refractivity contribution in [2.24, 2.45) is 5.73 Å². The van der Waals surface area contributed by atoms with Gasteiger partial charge in [0.25, 0.3) is 5.91 Å². The van der Waals surface area contributed by atoms with Crippen LogP contribution in [-0.4, -0.2) is 33.2 Å². The minimum atomic E-state index is -2.90. The molecule has 0 atom stereocenters. The van der Waals surface area contributed by atoms with Crippen molar-refractivity contribution >= 4 is 17.5 Å². The zero-order chi connectivity index (χ0) is 26.7. The van der Waals surface area contributed by atoms with Crippen molar-refractivity contribution in [2.75, 3.05) is 5.73 Å². The molecule has 0 saturated heterocycles. The Bertz CT molecular complexity index is 1410. The molecule has 4 aromatic rings. The number of ether oxygens (including phenoxy) is 1. The highest BCUT2D eigenvalue weighted by Crippen LogP contribution is 2.29. The number of halogens is 2. The number of nitrogens with zero attached hydrogens (tertiary/aromatic N) is 3. The van der Waals surface area contributed by atoms with Gasteiger partial charge in [0.2, 0.25) is 0 Å². The van der Waals surface area contributed by atoms with Gasteiger partial charge in [0.05, 0.1) is 6.42 Å². The van der Waals surface area contributed by atoms with Gasteiger partial charge in [0.15, 0.2) is 0 Å². The summed E-state index contributed by atoms with van der Waals surface area (Å²) in [4.78, 5) is 24.6. The quantitative estimate of drug-likeness (QED) is 0.322. The van der Waals surface area contributed by atoms with E-state index in [1.54, 1.807) is 47.1 Å². The SMILES string of the molecule is CC(C)n1nc(-c2ccc(CC(=O)Cc3cc(-c4ccc(OC(F)F)cc4)no3)cc2)c(C(N)=O)c1N. The third-order valence-electron chi connectivity index (χ3n) is 5.62. The molecule has 1 amide bonds. The molecule has 2 heterocycles. The fourth-order valence-corrected chi connectivity index (χ4v) is 3.89. The molecule has 11 heteroatoms. The number of ketones is 1. The minimum Gasteiger partial charge on any atom is -0.435 e. The van der Waals surface area contributed by atoms with Crippen LogP contribution < -0.4 is 16.2 Å². The van der Waals surface area contributed by atoms with Crippen LogP contribution in [0.15, 0.2) is 59.1 Å². The average molecular weight is 510 g/mol. The van der Waals surface area contributed by atoms with Gasteiger partial charge in [-0.2, -0.15) is 13.9 Å². The van der Waals surface area contributed by atoms with E-state index in [9.17, 15) is 18.4 Å². The largest absolute Gasteiger partial charge is 0.435 e. The monoisotopic (exact) mass is 509 g/mol. The fraction of sp³-hybridized carbons (Fsp3) is 0.231. The van der Waals surface area contributed by atoms with Crippen LogP contribution in [-0.2, 0) is 17.6 Å². The predicted molar refractivity (Wildman–Crippen MR) is 132 cm³/mol. The number of hydrogen-bond donors (Lipinski definition) is 2. The molecule has 0 saturated carbocycles.